The molecule has 0 amide bonds. The minimum atomic E-state index is -1.16. The number of hydrogen-bond donors (Lipinski definition) is 1. The summed E-state index contributed by atoms with van der Waals surface area (Å²) in [6.45, 7) is 1.96. The lowest BCUT2D eigenvalue weighted by molar-refractivity contribution is 0.0696. The van der Waals surface area contributed by atoms with Crippen LogP contribution < -0.4 is 0 Å². The molecule has 0 bridgehead atoms. The van der Waals surface area contributed by atoms with E-state index in [1.165, 1.54) is 16.8 Å². The van der Waals surface area contributed by atoms with E-state index in [9.17, 15) is 9.18 Å². The fourth-order valence-corrected chi connectivity index (χ4v) is 1.52. The minimum Gasteiger partial charge on any atom is -0.478 e. The Bertz CT molecular complexity index is 563. The van der Waals surface area contributed by atoms with Crippen LogP contribution in [0, 0.1) is 5.82 Å². The summed E-state index contributed by atoms with van der Waals surface area (Å²) in [7, 11) is 0. The average molecular weight is 234 g/mol. The molecule has 1 aromatic carbocycles. The van der Waals surface area contributed by atoms with Gasteiger partial charge in [0.2, 0.25) is 0 Å². The molecule has 0 atom stereocenters. The Balaban J connectivity index is 2.47. The average Bonchev–Trinajstić information content (AvgIpc) is 2.76. The van der Waals surface area contributed by atoms with E-state index in [0.29, 0.717) is 5.69 Å². The molecule has 0 radical (unpaired) electrons. The normalized spacial score (nSPS) is 10.5. The van der Waals surface area contributed by atoms with Gasteiger partial charge in [0.1, 0.15) is 5.82 Å². The Morgan fingerprint density at radius 1 is 1.47 bits per heavy atom. The molecule has 2 aromatic rings. The predicted molar refractivity (Wildman–Crippen MR) is 59.9 cm³/mol. The smallest absolute Gasteiger partial charge is 0.335 e. The van der Waals surface area contributed by atoms with Crippen LogP contribution in [0.15, 0.2) is 30.5 Å². The van der Waals surface area contributed by atoms with Crippen molar-refractivity contribution in [1.82, 2.24) is 9.78 Å². The second-order valence-electron chi connectivity index (χ2n) is 3.61. The topological polar surface area (TPSA) is 55.1 Å². The molecule has 5 heteroatoms. The van der Waals surface area contributed by atoms with Crippen LogP contribution in [-0.4, -0.2) is 20.9 Å². The van der Waals surface area contributed by atoms with Crippen molar-refractivity contribution in [2.75, 3.05) is 0 Å². The van der Waals surface area contributed by atoms with E-state index in [0.717, 1.165) is 18.2 Å². The fourth-order valence-electron chi connectivity index (χ4n) is 1.52. The number of carboxylic acid groups (broad SMARTS) is 1. The van der Waals surface area contributed by atoms with Crippen molar-refractivity contribution in [3.8, 4) is 5.69 Å². The molecule has 0 saturated carbocycles. The summed E-state index contributed by atoms with van der Waals surface area (Å²) in [6.07, 6.45) is 2.45. The molecule has 1 heterocycles. The molecule has 4 nitrogen and oxygen atoms in total. The fraction of sp³-hybridized carbons (Fsp3) is 0.167. The Morgan fingerprint density at radius 3 is 2.82 bits per heavy atom. The van der Waals surface area contributed by atoms with Crippen molar-refractivity contribution in [3.05, 3.63) is 47.5 Å². The summed E-state index contributed by atoms with van der Waals surface area (Å²) < 4.78 is 14.7. The Morgan fingerprint density at radius 2 is 2.24 bits per heavy atom. The first-order valence-corrected chi connectivity index (χ1v) is 5.19. The number of nitrogens with zero attached hydrogens (tertiary/aromatic N) is 2. The number of carbonyl (C=O) groups is 1. The van der Waals surface area contributed by atoms with Crippen LogP contribution in [0.25, 0.3) is 5.69 Å². The van der Waals surface area contributed by atoms with Gasteiger partial charge in [0.15, 0.2) is 0 Å². The number of aromatic carboxylic acids is 1. The maximum absolute atomic E-state index is 13.3. The van der Waals surface area contributed by atoms with Crippen molar-refractivity contribution < 1.29 is 14.3 Å². The molecular weight excluding hydrogens is 223 g/mol. The van der Waals surface area contributed by atoms with Crippen LogP contribution in [0.3, 0.4) is 0 Å². The summed E-state index contributed by atoms with van der Waals surface area (Å²) in [5.41, 5.74) is 1.18. The SMILES string of the molecule is CCc1ccn(-c2cc(F)cc(C(=O)O)c2)n1. The first-order chi connectivity index (χ1) is 8.10. The summed E-state index contributed by atoms with van der Waals surface area (Å²) >= 11 is 0. The van der Waals surface area contributed by atoms with Gasteiger partial charge in [-0.15, -0.1) is 0 Å². The molecule has 17 heavy (non-hydrogen) atoms. The number of hydrogen-bond acceptors (Lipinski definition) is 2. The van der Waals surface area contributed by atoms with Crippen LogP contribution in [-0.2, 0) is 6.42 Å². The summed E-state index contributed by atoms with van der Waals surface area (Å²) in [4.78, 5) is 10.8. The van der Waals surface area contributed by atoms with Crippen molar-refractivity contribution in [2.24, 2.45) is 0 Å². The highest BCUT2D eigenvalue weighted by Gasteiger charge is 2.09. The number of benzene rings is 1. The van der Waals surface area contributed by atoms with E-state index in [1.807, 2.05) is 13.0 Å². The minimum absolute atomic E-state index is 0.0893. The number of aromatic nitrogens is 2. The highest BCUT2D eigenvalue weighted by molar-refractivity contribution is 5.88. The molecule has 0 aliphatic heterocycles. The maximum Gasteiger partial charge on any atom is 0.335 e. The highest BCUT2D eigenvalue weighted by Crippen LogP contribution is 2.14. The Hall–Kier alpha value is -2.17. The van der Waals surface area contributed by atoms with E-state index in [-0.39, 0.29) is 5.56 Å². The van der Waals surface area contributed by atoms with Gasteiger partial charge in [0, 0.05) is 6.20 Å². The van der Waals surface area contributed by atoms with Gasteiger partial charge < -0.3 is 5.11 Å². The second kappa shape index (κ2) is 4.37. The first kappa shape index (κ1) is 11.3. The molecule has 2 rings (SSSR count). The summed E-state index contributed by atoms with van der Waals surface area (Å²) in [5, 5.41) is 13.0. The Kier molecular flexibility index (Phi) is 2.91. The van der Waals surface area contributed by atoms with Gasteiger partial charge in [-0.05, 0) is 30.7 Å². The standard InChI is InChI=1S/C12H11FN2O2/c1-2-10-3-4-15(14-10)11-6-8(12(16)17)5-9(13)7-11/h3-7H,2H2,1H3,(H,16,17). The number of aryl methyl sites for hydroxylation is 1. The van der Waals surface area contributed by atoms with Crippen molar-refractivity contribution >= 4 is 5.97 Å². The molecular formula is C12H11FN2O2. The largest absolute Gasteiger partial charge is 0.478 e. The molecule has 0 spiro atoms. The lowest BCUT2D eigenvalue weighted by atomic mass is 10.2. The summed E-state index contributed by atoms with van der Waals surface area (Å²) in [6, 6.07) is 5.43. The molecule has 0 aliphatic rings. The molecule has 0 unspecified atom stereocenters. The second-order valence-corrected chi connectivity index (χ2v) is 3.61. The molecule has 0 aliphatic carbocycles. The van der Waals surface area contributed by atoms with Crippen molar-refractivity contribution in [2.45, 2.75) is 13.3 Å². The van der Waals surface area contributed by atoms with Gasteiger partial charge in [0.25, 0.3) is 0 Å². The number of carboxylic acids is 1. The van der Waals surface area contributed by atoms with Crippen LogP contribution in [0.2, 0.25) is 0 Å². The van der Waals surface area contributed by atoms with E-state index in [4.69, 9.17) is 5.11 Å². The molecule has 0 fully saturated rings. The lowest BCUT2D eigenvalue weighted by Crippen LogP contribution is -2.02. The third kappa shape index (κ3) is 2.33. The first-order valence-electron chi connectivity index (χ1n) is 5.19. The van der Waals surface area contributed by atoms with E-state index >= 15 is 0 Å². The zero-order chi connectivity index (χ0) is 12.4. The third-order valence-electron chi connectivity index (χ3n) is 2.40. The van der Waals surface area contributed by atoms with Gasteiger partial charge in [-0.25, -0.2) is 13.9 Å². The zero-order valence-corrected chi connectivity index (χ0v) is 9.22. The predicted octanol–water partition coefficient (Wildman–Crippen LogP) is 2.27. The van der Waals surface area contributed by atoms with Gasteiger partial charge >= 0.3 is 5.97 Å². The van der Waals surface area contributed by atoms with Crippen LogP contribution in [0.1, 0.15) is 23.0 Å². The van der Waals surface area contributed by atoms with E-state index in [2.05, 4.69) is 5.10 Å². The quantitative estimate of drug-likeness (QED) is 0.886. The van der Waals surface area contributed by atoms with Gasteiger partial charge in [-0.1, -0.05) is 6.92 Å². The van der Waals surface area contributed by atoms with Crippen LogP contribution >= 0.6 is 0 Å². The van der Waals surface area contributed by atoms with Gasteiger partial charge in [0.05, 0.1) is 16.9 Å². The van der Waals surface area contributed by atoms with Gasteiger partial charge in [-0.3, -0.25) is 0 Å². The molecule has 1 aromatic heterocycles. The number of rotatable bonds is 3. The van der Waals surface area contributed by atoms with E-state index < -0.39 is 11.8 Å². The third-order valence-corrected chi connectivity index (χ3v) is 2.40. The number of halogens is 1. The highest BCUT2D eigenvalue weighted by atomic mass is 19.1. The summed E-state index contributed by atoms with van der Waals surface area (Å²) in [5.74, 6) is -1.75. The van der Waals surface area contributed by atoms with Crippen molar-refractivity contribution in [1.29, 1.82) is 0 Å². The van der Waals surface area contributed by atoms with Crippen molar-refractivity contribution in [3.63, 3.8) is 0 Å². The maximum atomic E-state index is 13.3. The molecule has 1 N–H and O–H groups in total. The zero-order valence-electron chi connectivity index (χ0n) is 9.22. The van der Waals surface area contributed by atoms with Crippen LogP contribution in [0.4, 0.5) is 4.39 Å². The molecule has 88 valence electrons. The van der Waals surface area contributed by atoms with E-state index in [1.54, 1.807) is 6.20 Å². The lowest BCUT2D eigenvalue weighted by Gasteiger charge is -2.03. The van der Waals surface area contributed by atoms with Crippen LogP contribution in [0.5, 0.6) is 0 Å². The van der Waals surface area contributed by atoms with Gasteiger partial charge in [-0.2, -0.15) is 5.10 Å². The monoisotopic (exact) mass is 234 g/mol. The molecule has 0 saturated heterocycles. The Labute approximate surface area is 97.3 Å².